The molecule has 3 rings (SSSR count). The van der Waals surface area contributed by atoms with E-state index in [0.29, 0.717) is 44.7 Å². The molecule has 1 aliphatic carbocycles. The molecule has 242 valence electrons. The zero-order chi connectivity index (χ0) is 30.6. The quantitative estimate of drug-likeness (QED) is 0.0912. The van der Waals surface area contributed by atoms with Crippen molar-refractivity contribution in [3.05, 3.63) is 11.8 Å². The van der Waals surface area contributed by atoms with Crippen molar-refractivity contribution < 1.29 is 49.6 Å². The van der Waals surface area contributed by atoms with Crippen molar-refractivity contribution in [1.82, 2.24) is 10.6 Å². The maximum atomic E-state index is 11.4. The summed E-state index contributed by atoms with van der Waals surface area (Å²) in [6.07, 6.45) is -2.68. The van der Waals surface area contributed by atoms with Gasteiger partial charge in [-0.3, -0.25) is 0 Å². The molecular weight excluding hydrogens is 542 g/mol. The van der Waals surface area contributed by atoms with Gasteiger partial charge in [-0.25, -0.2) is 0 Å². The maximum absolute atomic E-state index is 11.4. The molecule has 15 nitrogen and oxygen atoms in total. The van der Waals surface area contributed by atoms with Crippen LogP contribution in [0.3, 0.4) is 0 Å². The van der Waals surface area contributed by atoms with Crippen molar-refractivity contribution in [3.63, 3.8) is 0 Å². The Labute approximate surface area is 242 Å². The number of ether oxygens (including phenoxy) is 4. The monoisotopic (exact) mass is 595 g/mol. The van der Waals surface area contributed by atoms with Gasteiger partial charge in [-0.2, -0.15) is 0 Å². The van der Waals surface area contributed by atoms with Crippen LogP contribution in [-0.4, -0.2) is 144 Å². The van der Waals surface area contributed by atoms with Crippen LogP contribution in [0.4, 0.5) is 0 Å². The largest absolute Gasteiger partial charge is 0.468 e. The summed E-state index contributed by atoms with van der Waals surface area (Å²) in [5.74, 6) is 0.650. The van der Waals surface area contributed by atoms with Gasteiger partial charge in [0.2, 0.25) is 0 Å². The predicted molar refractivity (Wildman–Crippen MR) is 149 cm³/mol. The Morgan fingerprint density at radius 3 is 2.51 bits per heavy atom. The molecular formula is C26H53N5O10. The van der Waals surface area contributed by atoms with E-state index in [-0.39, 0.29) is 32.7 Å². The highest BCUT2D eigenvalue weighted by Crippen LogP contribution is 2.32. The number of hydrogen-bond donors (Lipinski definition) is 11. The molecule has 0 spiro atoms. The van der Waals surface area contributed by atoms with E-state index in [9.17, 15) is 30.6 Å². The lowest BCUT2D eigenvalue weighted by molar-refractivity contribution is -0.297. The van der Waals surface area contributed by atoms with Crippen LogP contribution in [0.1, 0.15) is 39.0 Å². The first-order valence-corrected chi connectivity index (χ1v) is 14.3. The van der Waals surface area contributed by atoms with E-state index < -0.39 is 66.8 Å². The number of nitrogens with two attached hydrogens (primary N) is 3. The molecule has 2 aliphatic heterocycles. The molecule has 0 aromatic heterocycles. The van der Waals surface area contributed by atoms with Crippen molar-refractivity contribution >= 4 is 0 Å². The van der Waals surface area contributed by atoms with Crippen LogP contribution in [0.2, 0.25) is 0 Å². The van der Waals surface area contributed by atoms with E-state index in [1.165, 1.54) is 7.05 Å². The number of allylic oxidation sites excluding steroid dienone is 1. The van der Waals surface area contributed by atoms with Crippen LogP contribution in [0.5, 0.6) is 0 Å². The van der Waals surface area contributed by atoms with Gasteiger partial charge >= 0.3 is 0 Å². The van der Waals surface area contributed by atoms with E-state index in [0.717, 1.165) is 0 Å². The van der Waals surface area contributed by atoms with Crippen molar-refractivity contribution in [1.29, 1.82) is 0 Å². The van der Waals surface area contributed by atoms with Gasteiger partial charge in [0.15, 0.2) is 12.6 Å². The van der Waals surface area contributed by atoms with Gasteiger partial charge in [0, 0.05) is 31.5 Å². The number of nitrogens with one attached hydrogen (secondary N) is 2. The van der Waals surface area contributed by atoms with Gasteiger partial charge in [0.05, 0.1) is 44.1 Å². The van der Waals surface area contributed by atoms with Crippen molar-refractivity contribution in [2.24, 2.45) is 17.2 Å². The minimum absolute atomic E-state index is 0.0240. The second-order valence-electron chi connectivity index (χ2n) is 11.0. The highest BCUT2D eigenvalue weighted by atomic mass is 16.7. The van der Waals surface area contributed by atoms with Gasteiger partial charge in [-0.05, 0) is 45.9 Å². The zero-order valence-corrected chi connectivity index (χ0v) is 24.2. The lowest BCUT2D eigenvalue weighted by atomic mass is 9.83. The third-order valence-corrected chi connectivity index (χ3v) is 7.27. The standard InChI is InChI=1S/C25H48N4O10.CH5N/c1-25(35)8-19(33)24(36-13-25)39-23-18(29-14(11-30)12-31)7-17(27)22(21(23)34)38-20-4-2-3-16(37-20)10-28-9-15(32)5-6-26;1-2/h3,14-15,17-24,28-35H,2,4-13,26-27H2,1H3;2H2,1H3/t15?,17?,18?,19?,20-,21?,22-,23+,24?,25-;/m1./s1. The third-order valence-electron chi connectivity index (χ3n) is 7.27. The van der Waals surface area contributed by atoms with Gasteiger partial charge < -0.3 is 77.4 Å². The van der Waals surface area contributed by atoms with Crippen LogP contribution >= 0.6 is 0 Å². The van der Waals surface area contributed by atoms with E-state index in [1.807, 2.05) is 6.08 Å². The summed E-state index contributed by atoms with van der Waals surface area (Å²) in [5.41, 5.74) is 15.2. The summed E-state index contributed by atoms with van der Waals surface area (Å²) in [4.78, 5) is 0. The summed E-state index contributed by atoms with van der Waals surface area (Å²) in [6, 6.07) is -1.93. The van der Waals surface area contributed by atoms with Crippen LogP contribution in [0.15, 0.2) is 11.8 Å². The smallest absolute Gasteiger partial charge is 0.200 e. The molecule has 0 aromatic rings. The molecule has 1 saturated carbocycles. The Morgan fingerprint density at radius 2 is 1.88 bits per heavy atom. The van der Waals surface area contributed by atoms with Gasteiger partial charge in [0.1, 0.15) is 30.2 Å². The van der Waals surface area contributed by atoms with Gasteiger partial charge in [-0.1, -0.05) is 0 Å². The van der Waals surface area contributed by atoms with Crippen molar-refractivity contribution in [2.75, 3.05) is 46.5 Å². The van der Waals surface area contributed by atoms with Crippen molar-refractivity contribution in [3.8, 4) is 0 Å². The molecule has 6 unspecified atom stereocenters. The minimum atomic E-state index is -1.27. The van der Waals surface area contributed by atoms with Gasteiger partial charge in [0.25, 0.3) is 0 Å². The van der Waals surface area contributed by atoms with Crippen LogP contribution in [0.25, 0.3) is 0 Å². The summed E-state index contributed by atoms with van der Waals surface area (Å²) >= 11 is 0. The average molecular weight is 596 g/mol. The summed E-state index contributed by atoms with van der Waals surface area (Å²) in [6.45, 7) is 1.95. The van der Waals surface area contributed by atoms with E-state index >= 15 is 0 Å². The second kappa shape index (κ2) is 17.9. The molecule has 2 heterocycles. The van der Waals surface area contributed by atoms with Crippen LogP contribution in [-0.2, 0) is 18.9 Å². The fraction of sp³-hybridized carbons (Fsp3) is 0.923. The Morgan fingerprint density at radius 1 is 1.17 bits per heavy atom. The van der Waals surface area contributed by atoms with Gasteiger partial charge in [-0.15, -0.1) is 0 Å². The second-order valence-corrected chi connectivity index (χ2v) is 11.0. The number of aliphatic hydroxyl groups excluding tert-OH is 5. The predicted octanol–water partition coefficient (Wildman–Crippen LogP) is -4.09. The number of hydrogen-bond acceptors (Lipinski definition) is 15. The Bertz CT molecular complexity index is 762. The summed E-state index contributed by atoms with van der Waals surface area (Å²) in [7, 11) is 1.50. The molecule has 0 amide bonds. The maximum Gasteiger partial charge on any atom is 0.200 e. The molecule has 14 N–H and O–H groups in total. The van der Waals surface area contributed by atoms with E-state index in [4.69, 9.17) is 30.4 Å². The van der Waals surface area contributed by atoms with Crippen LogP contribution in [0, 0.1) is 0 Å². The molecule has 41 heavy (non-hydrogen) atoms. The van der Waals surface area contributed by atoms with E-state index in [2.05, 4.69) is 16.4 Å². The Balaban J connectivity index is 0.00000287. The fourth-order valence-electron chi connectivity index (χ4n) is 5.19. The Hall–Kier alpha value is -1.02. The lowest BCUT2D eigenvalue weighted by Crippen LogP contribution is -2.67. The average Bonchev–Trinajstić information content (AvgIpc) is 2.94. The zero-order valence-electron chi connectivity index (χ0n) is 24.2. The minimum Gasteiger partial charge on any atom is -0.468 e. The SMILES string of the molecule is CN.C[C@]1(O)COC(O[C@H]2C(NC(CO)CO)CC(N)[C@@H](O[C@@H]3CCC=C(CNCC(O)CCN)O3)C2O)C(O)C1. The molecule has 2 fully saturated rings. The molecule has 10 atom stereocenters. The highest BCUT2D eigenvalue weighted by Gasteiger charge is 2.48. The molecule has 0 radical (unpaired) electrons. The van der Waals surface area contributed by atoms with Crippen LogP contribution < -0.4 is 27.8 Å². The molecule has 0 aromatic carbocycles. The molecule has 0 bridgehead atoms. The Kier molecular flexibility index (Phi) is 15.8. The number of aliphatic hydroxyl groups is 6. The first kappa shape index (κ1) is 36.2. The number of rotatable bonds is 14. The fourth-order valence-corrected chi connectivity index (χ4v) is 5.19. The normalized spacial score (nSPS) is 36.6. The van der Waals surface area contributed by atoms with Crippen molar-refractivity contribution in [2.45, 2.75) is 106 Å². The molecule has 15 heteroatoms. The van der Waals surface area contributed by atoms with E-state index in [1.54, 1.807) is 6.92 Å². The molecule has 3 aliphatic rings. The summed E-state index contributed by atoms with van der Waals surface area (Å²) < 4.78 is 23.7. The highest BCUT2D eigenvalue weighted by molar-refractivity contribution is 5.03. The first-order chi connectivity index (χ1) is 19.6. The third kappa shape index (κ3) is 11.2. The summed E-state index contributed by atoms with van der Waals surface area (Å²) in [5, 5.41) is 67.3. The molecule has 1 saturated heterocycles. The first-order valence-electron chi connectivity index (χ1n) is 14.3. The lowest BCUT2D eigenvalue weighted by Gasteiger charge is -2.47. The topological polar surface area (TPSA) is 260 Å².